The maximum absolute atomic E-state index is 13.4. The van der Waals surface area contributed by atoms with Crippen LogP contribution < -0.4 is 21.0 Å². The second kappa shape index (κ2) is 6.10. The molecular formula is C21H18N4O4. The van der Waals surface area contributed by atoms with Crippen LogP contribution in [0, 0.1) is 0 Å². The Morgan fingerprint density at radius 2 is 1.66 bits per heavy atom. The molecule has 0 unspecified atom stereocenters. The first-order valence-electron chi connectivity index (χ1n) is 9.18. The Morgan fingerprint density at radius 3 is 2.38 bits per heavy atom. The molecule has 1 aliphatic carbocycles. The average Bonchev–Trinajstić information content (AvgIpc) is 2.98. The summed E-state index contributed by atoms with van der Waals surface area (Å²) in [6.45, 7) is 0. The molecule has 29 heavy (non-hydrogen) atoms. The van der Waals surface area contributed by atoms with Crippen molar-refractivity contribution in [2.24, 2.45) is 7.05 Å². The minimum absolute atomic E-state index is 0.453. The Kier molecular flexibility index (Phi) is 3.64. The third kappa shape index (κ3) is 2.29. The number of rotatable bonds is 2. The second-order valence-corrected chi connectivity index (χ2v) is 7.05. The summed E-state index contributed by atoms with van der Waals surface area (Å²) in [5.74, 6) is 0.660. The molecule has 8 heteroatoms. The van der Waals surface area contributed by atoms with Gasteiger partial charge >= 0.3 is 17.4 Å². The highest BCUT2D eigenvalue weighted by Crippen LogP contribution is 2.38. The van der Waals surface area contributed by atoms with Gasteiger partial charge in [-0.2, -0.15) is 0 Å². The van der Waals surface area contributed by atoms with Crippen LogP contribution in [-0.4, -0.2) is 33.1 Å². The topological polar surface area (TPSA) is 78.5 Å². The zero-order valence-corrected chi connectivity index (χ0v) is 15.9. The van der Waals surface area contributed by atoms with E-state index in [1.165, 1.54) is 11.7 Å². The lowest BCUT2D eigenvalue weighted by molar-refractivity contribution is 0.222. The van der Waals surface area contributed by atoms with Gasteiger partial charge in [-0.15, -0.1) is 4.68 Å². The predicted molar refractivity (Wildman–Crippen MR) is 108 cm³/mol. The van der Waals surface area contributed by atoms with Crippen LogP contribution in [0.2, 0.25) is 0 Å². The summed E-state index contributed by atoms with van der Waals surface area (Å²) >= 11 is 0. The molecule has 1 amide bonds. The fourth-order valence-electron chi connectivity index (χ4n) is 4.15. The molecule has 0 fully saturated rings. The monoisotopic (exact) mass is 390 g/mol. The zero-order valence-electron chi connectivity index (χ0n) is 15.9. The summed E-state index contributed by atoms with van der Waals surface area (Å²) in [6, 6.07) is 13.2. The standard InChI is InChI=1S/C21H18N4O4/c1-22-19(26)24-18-16-6-4-3-5-13(16)7-12-17(18)23(21(28)25(24)20(22)27)14-8-10-15(29-2)11-9-14/h3-12,17-18H,1-2H3/t17-,18+/m1/s1. The summed E-state index contributed by atoms with van der Waals surface area (Å²) < 4.78 is 8.38. The third-order valence-electron chi connectivity index (χ3n) is 5.58. The zero-order chi connectivity index (χ0) is 20.3. The smallest absolute Gasteiger partial charge is 0.355 e. The first-order valence-corrected chi connectivity index (χ1v) is 9.18. The first kappa shape index (κ1) is 17.3. The van der Waals surface area contributed by atoms with Crippen molar-refractivity contribution >= 4 is 17.8 Å². The lowest BCUT2D eigenvalue weighted by Crippen LogP contribution is -2.58. The number of anilines is 1. The Labute approximate surface area is 165 Å². The van der Waals surface area contributed by atoms with E-state index in [9.17, 15) is 14.4 Å². The molecule has 1 aromatic heterocycles. The molecule has 0 radical (unpaired) electrons. The summed E-state index contributed by atoms with van der Waals surface area (Å²) in [5.41, 5.74) is 1.27. The van der Waals surface area contributed by atoms with Crippen molar-refractivity contribution in [1.29, 1.82) is 0 Å². The molecule has 0 saturated heterocycles. The van der Waals surface area contributed by atoms with Gasteiger partial charge in [0, 0.05) is 12.7 Å². The van der Waals surface area contributed by atoms with Gasteiger partial charge in [0.2, 0.25) is 0 Å². The van der Waals surface area contributed by atoms with E-state index < -0.39 is 29.5 Å². The third-order valence-corrected chi connectivity index (χ3v) is 5.58. The molecule has 0 bridgehead atoms. The van der Waals surface area contributed by atoms with E-state index in [0.29, 0.717) is 11.4 Å². The van der Waals surface area contributed by atoms with Gasteiger partial charge in [0.25, 0.3) is 0 Å². The highest BCUT2D eigenvalue weighted by atomic mass is 16.5. The molecule has 2 aromatic carbocycles. The van der Waals surface area contributed by atoms with Crippen LogP contribution in [0.3, 0.4) is 0 Å². The van der Waals surface area contributed by atoms with E-state index in [2.05, 4.69) is 0 Å². The van der Waals surface area contributed by atoms with Crippen molar-refractivity contribution in [3.63, 3.8) is 0 Å². The fraction of sp³-hybridized carbons (Fsp3) is 0.190. The van der Waals surface area contributed by atoms with Gasteiger partial charge in [-0.3, -0.25) is 4.90 Å². The summed E-state index contributed by atoms with van der Waals surface area (Å²) in [5, 5.41) is 0. The van der Waals surface area contributed by atoms with Gasteiger partial charge in [0.1, 0.15) is 11.8 Å². The minimum atomic E-state index is -0.663. The quantitative estimate of drug-likeness (QED) is 0.669. The largest absolute Gasteiger partial charge is 0.497 e. The number of carbonyl (C=O) groups excluding carboxylic acids is 1. The lowest BCUT2D eigenvalue weighted by atomic mass is 9.87. The summed E-state index contributed by atoms with van der Waals surface area (Å²) in [7, 11) is 2.95. The van der Waals surface area contributed by atoms with Crippen LogP contribution in [-0.2, 0) is 7.05 Å². The summed E-state index contributed by atoms with van der Waals surface area (Å²) in [6.07, 6.45) is 3.85. The SMILES string of the molecule is COc1ccc(N2C(=O)n3c(=O)n(C)c(=O)n3[C@H]3c4ccccc4C=C[C@H]32)cc1. The Morgan fingerprint density at radius 1 is 0.931 bits per heavy atom. The minimum Gasteiger partial charge on any atom is -0.497 e. The van der Waals surface area contributed by atoms with E-state index in [1.807, 2.05) is 36.4 Å². The number of methoxy groups -OCH3 is 1. The molecule has 0 N–H and O–H groups in total. The van der Waals surface area contributed by atoms with Gasteiger partial charge < -0.3 is 4.74 Å². The molecule has 0 spiro atoms. The maximum atomic E-state index is 13.4. The molecule has 2 heterocycles. The fourth-order valence-corrected chi connectivity index (χ4v) is 4.15. The first-order chi connectivity index (χ1) is 14.0. The van der Waals surface area contributed by atoms with E-state index in [0.717, 1.165) is 20.4 Å². The van der Waals surface area contributed by atoms with Crippen LogP contribution in [0.15, 0.2) is 64.2 Å². The maximum Gasteiger partial charge on any atom is 0.355 e. The van der Waals surface area contributed by atoms with Crippen LogP contribution in [0.5, 0.6) is 5.75 Å². The highest BCUT2D eigenvalue weighted by Gasteiger charge is 2.44. The molecule has 146 valence electrons. The van der Waals surface area contributed by atoms with Crippen LogP contribution in [0.25, 0.3) is 6.08 Å². The second-order valence-electron chi connectivity index (χ2n) is 7.05. The molecule has 5 rings (SSSR count). The molecule has 1 aliphatic heterocycles. The molecule has 8 nitrogen and oxygen atoms in total. The molecule has 2 atom stereocenters. The van der Waals surface area contributed by atoms with Crippen molar-refractivity contribution in [2.75, 3.05) is 12.0 Å². The summed E-state index contributed by atoms with van der Waals surface area (Å²) in [4.78, 5) is 40.5. The average molecular weight is 390 g/mol. The van der Waals surface area contributed by atoms with E-state index in [4.69, 9.17) is 4.74 Å². The van der Waals surface area contributed by atoms with Crippen molar-refractivity contribution in [3.8, 4) is 5.75 Å². The number of amides is 1. The van der Waals surface area contributed by atoms with Gasteiger partial charge in [-0.1, -0.05) is 36.4 Å². The van der Waals surface area contributed by atoms with Crippen molar-refractivity contribution in [3.05, 3.63) is 86.7 Å². The van der Waals surface area contributed by atoms with Gasteiger partial charge in [-0.05, 0) is 35.4 Å². The molecule has 3 aromatic rings. The Balaban J connectivity index is 1.79. The molecule has 0 saturated carbocycles. The van der Waals surface area contributed by atoms with E-state index >= 15 is 0 Å². The van der Waals surface area contributed by atoms with Gasteiger partial charge in [0.15, 0.2) is 0 Å². The van der Waals surface area contributed by atoms with Crippen molar-refractivity contribution in [2.45, 2.75) is 12.1 Å². The van der Waals surface area contributed by atoms with E-state index in [1.54, 1.807) is 36.3 Å². The number of nitrogens with zero attached hydrogens (tertiary/aromatic N) is 4. The van der Waals surface area contributed by atoms with Gasteiger partial charge in [-0.25, -0.2) is 23.6 Å². The van der Waals surface area contributed by atoms with Crippen molar-refractivity contribution < 1.29 is 9.53 Å². The van der Waals surface area contributed by atoms with Crippen molar-refractivity contribution in [1.82, 2.24) is 13.9 Å². The predicted octanol–water partition coefficient (Wildman–Crippen LogP) is 1.83. The highest BCUT2D eigenvalue weighted by molar-refractivity contribution is 5.95. The Hall–Kier alpha value is -3.81. The Bertz CT molecular complexity index is 1280. The lowest BCUT2D eigenvalue weighted by Gasteiger charge is -2.42. The molecule has 2 aliphatic rings. The number of hydrogen-bond acceptors (Lipinski definition) is 4. The number of fused-ring (bicyclic) bond motifs is 5. The van der Waals surface area contributed by atoms with Crippen LogP contribution in [0.1, 0.15) is 17.2 Å². The molecular weight excluding hydrogens is 372 g/mol. The number of aromatic nitrogens is 3. The van der Waals surface area contributed by atoms with E-state index in [-0.39, 0.29) is 0 Å². The van der Waals surface area contributed by atoms with Gasteiger partial charge in [0.05, 0.1) is 13.2 Å². The number of ether oxygens (including phenoxy) is 1. The van der Waals surface area contributed by atoms with Crippen LogP contribution >= 0.6 is 0 Å². The number of hydrogen-bond donors (Lipinski definition) is 0. The number of carbonyl (C=O) groups is 1. The number of benzene rings is 2. The van der Waals surface area contributed by atoms with Crippen LogP contribution in [0.4, 0.5) is 10.5 Å². The normalized spacial score (nSPS) is 19.5.